The smallest absolute Gasteiger partial charge is 0.272 e. The number of nitrogens with zero attached hydrogens (tertiary/aromatic N) is 2. The SMILES string of the molecule is CCC[C@@H](C(=O)NC(C)(C)C)N(C(=O)c1snc(C(N)=O)c1N)c1ccc2c(c1)OCCO2. The van der Waals surface area contributed by atoms with Crippen LogP contribution in [0.3, 0.4) is 0 Å². The van der Waals surface area contributed by atoms with Crippen molar-refractivity contribution in [3.05, 3.63) is 28.8 Å². The van der Waals surface area contributed by atoms with Crippen LogP contribution < -0.4 is 31.2 Å². The van der Waals surface area contributed by atoms with Gasteiger partial charge in [-0.25, -0.2) is 0 Å². The standard InChI is InChI=1S/C22H29N5O5S/c1-5-6-13(20(29)25-22(2,3)4)27(12-7-8-14-15(11-12)32-10-9-31-14)21(30)18-16(23)17(19(24)28)26-33-18/h7-8,11,13H,5-6,9-10,23H2,1-4H3,(H2,24,28)(H,25,29)/t13-/m0/s1. The van der Waals surface area contributed by atoms with Gasteiger partial charge >= 0.3 is 0 Å². The lowest BCUT2D eigenvalue weighted by Gasteiger charge is -2.33. The molecule has 1 aliphatic heterocycles. The topological polar surface area (TPSA) is 150 Å². The minimum atomic E-state index is -0.845. The molecule has 1 aromatic carbocycles. The van der Waals surface area contributed by atoms with Gasteiger partial charge in [0.25, 0.3) is 11.8 Å². The zero-order chi connectivity index (χ0) is 24.3. The van der Waals surface area contributed by atoms with Gasteiger partial charge in [0.15, 0.2) is 17.2 Å². The van der Waals surface area contributed by atoms with Crippen LogP contribution in [-0.4, -0.2) is 46.9 Å². The minimum absolute atomic E-state index is 0.0309. The molecule has 0 fully saturated rings. The Balaban J connectivity index is 2.11. The van der Waals surface area contributed by atoms with Crippen LogP contribution in [0.2, 0.25) is 0 Å². The number of nitrogen functional groups attached to an aromatic ring is 1. The average Bonchev–Trinajstić information content (AvgIpc) is 3.13. The van der Waals surface area contributed by atoms with Crippen molar-refractivity contribution in [2.24, 2.45) is 5.73 Å². The maximum atomic E-state index is 13.8. The molecule has 178 valence electrons. The predicted molar refractivity (Wildman–Crippen MR) is 126 cm³/mol. The first kappa shape index (κ1) is 24.3. The van der Waals surface area contributed by atoms with Crippen molar-refractivity contribution in [3.63, 3.8) is 0 Å². The van der Waals surface area contributed by atoms with E-state index < -0.39 is 23.4 Å². The van der Waals surface area contributed by atoms with Gasteiger partial charge in [0.05, 0.1) is 5.69 Å². The first-order chi connectivity index (χ1) is 15.5. The lowest BCUT2D eigenvalue weighted by molar-refractivity contribution is -0.123. The summed E-state index contributed by atoms with van der Waals surface area (Å²) in [6, 6.07) is 4.19. The molecule has 0 spiro atoms. The number of hydrogen-bond donors (Lipinski definition) is 3. The van der Waals surface area contributed by atoms with E-state index in [-0.39, 0.29) is 22.2 Å². The lowest BCUT2D eigenvalue weighted by atomic mass is 10.0. The number of nitrogens with one attached hydrogen (secondary N) is 1. The van der Waals surface area contributed by atoms with E-state index in [4.69, 9.17) is 20.9 Å². The summed E-state index contributed by atoms with van der Waals surface area (Å²) >= 11 is 0.770. The van der Waals surface area contributed by atoms with E-state index in [0.717, 1.165) is 11.5 Å². The molecule has 0 radical (unpaired) electrons. The number of anilines is 2. The molecule has 10 nitrogen and oxygen atoms in total. The van der Waals surface area contributed by atoms with E-state index in [2.05, 4.69) is 9.69 Å². The van der Waals surface area contributed by atoms with Crippen LogP contribution in [-0.2, 0) is 4.79 Å². The lowest BCUT2D eigenvalue weighted by Crippen LogP contribution is -2.54. The average molecular weight is 476 g/mol. The van der Waals surface area contributed by atoms with Crippen LogP contribution in [0.1, 0.15) is 60.7 Å². The molecule has 11 heteroatoms. The van der Waals surface area contributed by atoms with Crippen LogP contribution in [0.25, 0.3) is 0 Å². The summed E-state index contributed by atoms with van der Waals surface area (Å²) in [6.45, 7) is 8.32. The molecule has 2 aromatic rings. The molecular formula is C22H29N5O5S. The normalized spacial score (nSPS) is 13.8. The predicted octanol–water partition coefficient (Wildman–Crippen LogP) is 2.33. The van der Waals surface area contributed by atoms with Gasteiger partial charge in [-0.05, 0) is 50.9 Å². The van der Waals surface area contributed by atoms with Crippen LogP contribution in [0.15, 0.2) is 18.2 Å². The molecule has 5 N–H and O–H groups in total. The highest BCUT2D eigenvalue weighted by Gasteiger charge is 2.36. The number of hydrogen-bond acceptors (Lipinski definition) is 8. The van der Waals surface area contributed by atoms with Gasteiger partial charge in [-0.1, -0.05) is 13.3 Å². The van der Waals surface area contributed by atoms with Gasteiger partial charge in [0, 0.05) is 17.3 Å². The number of rotatable bonds is 7. The van der Waals surface area contributed by atoms with Gasteiger partial charge in [0.1, 0.15) is 24.1 Å². The number of carbonyl (C=O) groups is 3. The molecule has 2 heterocycles. The molecule has 0 saturated heterocycles. The number of ether oxygens (including phenoxy) is 2. The molecule has 33 heavy (non-hydrogen) atoms. The highest BCUT2D eigenvalue weighted by Crippen LogP contribution is 2.36. The number of amides is 3. The highest BCUT2D eigenvalue weighted by molar-refractivity contribution is 7.09. The maximum absolute atomic E-state index is 13.8. The van der Waals surface area contributed by atoms with Gasteiger partial charge in [-0.2, -0.15) is 4.37 Å². The van der Waals surface area contributed by atoms with Crippen molar-refractivity contribution >= 4 is 40.6 Å². The summed E-state index contributed by atoms with van der Waals surface area (Å²) in [5.74, 6) is -0.679. The maximum Gasteiger partial charge on any atom is 0.272 e. The second-order valence-corrected chi connectivity index (χ2v) is 9.46. The molecule has 3 amide bonds. The third kappa shape index (κ3) is 5.36. The summed E-state index contributed by atoms with van der Waals surface area (Å²) < 4.78 is 15.2. The largest absolute Gasteiger partial charge is 0.486 e. The van der Waals surface area contributed by atoms with Gasteiger partial charge in [0.2, 0.25) is 5.91 Å². The molecule has 0 saturated carbocycles. The molecule has 3 rings (SSSR count). The van der Waals surface area contributed by atoms with Crippen molar-refractivity contribution in [2.45, 2.75) is 52.1 Å². The molecule has 0 unspecified atom stereocenters. The monoisotopic (exact) mass is 475 g/mol. The van der Waals surface area contributed by atoms with E-state index in [0.29, 0.717) is 43.2 Å². The summed E-state index contributed by atoms with van der Waals surface area (Å²) in [5, 5.41) is 2.95. The summed E-state index contributed by atoms with van der Waals surface area (Å²) in [6.07, 6.45) is 1.03. The quantitative estimate of drug-likeness (QED) is 0.556. The Morgan fingerprint density at radius 1 is 1.21 bits per heavy atom. The van der Waals surface area contributed by atoms with Crippen molar-refractivity contribution in [1.29, 1.82) is 0 Å². The van der Waals surface area contributed by atoms with Crippen LogP contribution in [0.5, 0.6) is 11.5 Å². The van der Waals surface area contributed by atoms with Crippen LogP contribution in [0, 0.1) is 0 Å². The van der Waals surface area contributed by atoms with Gasteiger partial charge in [-0.15, -0.1) is 0 Å². The first-order valence-corrected chi connectivity index (χ1v) is 11.4. The van der Waals surface area contributed by atoms with Gasteiger partial charge in [-0.3, -0.25) is 19.3 Å². The van der Waals surface area contributed by atoms with Crippen LogP contribution in [0.4, 0.5) is 11.4 Å². The fraction of sp³-hybridized carbons (Fsp3) is 0.455. The van der Waals surface area contributed by atoms with Gasteiger partial charge < -0.3 is 26.3 Å². The number of aromatic nitrogens is 1. The van der Waals surface area contributed by atoms with Crippen molar-refractivity contribution in [3.8, 4) is 11.5 Å². The second kappa shape index (κ2) is 9.65. The Labute approximate surface area is 196 Å². The molecule has 0 bridgehead atoms. The Kier molecular flexibility index (Phi) is 7.11. The van der Waals surface area contributed by atoms with Crippen molar-refractivity contribution in [1.82, 2.24) is 9.69 Å². The van der Waals surface area contributed by atoms with Crippen molar-refractivity contribution in [2.75, 3.05) is 23.8 Å². The van der Waals surface area contributed by atoms with E-state index in [1.54, 1.807) is 18.2 Å². The fourth-order valence-electron chi connectivity index (χ4n) is 3.46. The molecule has 0 aliphatic carbocycles. The zero-order valence-electron chi connectivity index (χ0n) is 19.1. The van der Waals surface area contributed by atoms with Crippen molar-refractivity contribution < 1.29 is 23.9 Å². The molecule has 1 aliphatic rings. The minimum Gasteiger partial charge on any atom is -0.486 e. The summed E-state index contributed by atoms with van der Waals surface area (Å²) in [7, 11) is 0. The summed E-state index contributed by atoms with van der Waals surface area (Å²) in [5.41, 5.74) is 11.0. The number of primary amides is 1. The summed E-state index contributed by atoms with van der Waals surface area (Å²) in [4.78, 5) is 40.1. The van der Waals surface area contributed by atoms with Crippen LogP contribution >= 0.6 is 11.5 Å². The molecule has 1 atom stereocenters. The number of fused-ring (bicyclic) bond motifs is 1. The van der Waals surface area contributed by atoms with E-state index in [1.165, 1.54) is 4.90 Å². The molecular weight excluding hydrogens is 446 g/mol. The Hall–Kier alpha value is -3.34. The third-order valence-electron chi connectivity index (χ3n) is 4.85. The Morgan fingerprint density at radius 2 is 1.88 bits per heavy atom. The Bertz CT molecular complexity index is 1060. The number of nitrogens with two attached hydrogens (primary N) is 2. The Morgan fingerprint density at radius 3 is 2.45 bits per heavy atom. The fourth-order valence-corrected chi connectivity index (χ4v) is 4.21. The third-order valence-corrected chi connectivity index (χ3v) is 5.70. The number of carbonyl (C=O) groups excluding carboxylic acids is 3. The second-order valence-electron chi connectivity index (χ2n) is 8.69. The number of benzene rings is 1. The first-order valence-electron chi connectivity index (χ1n) is 10.6. The van der Waals surface area contributed by atoms with E-state index in [9.17, 15) is 14.4 Å². The highest BCUT2D eigenvalue weighted by atomic mass is 32.1. The molecule has 1 aromatic heterocycles. The van der Waals surface area contributed by atoms with E-state index >= 15 is 0 Å². The van der Waals surface area contributed by atoms with E-state index in [1.807, 2.05) is 27.7 Å². The zero-order valence-corrected chi connectivity index (χ0v) is 20.0.